The van der Waals surface area contributed by atoms with Crippen LogP contribution in [0.5, 0.6) is 0 Å². The van der Waals surface area contributed by atoms with Gasteiger partial charge >= 0.3 is 0 Å². The Hall–Kier alpha value is -3.26. The lowest BCUT2D eigenvalue weighted by molar-refractivity contribution is 0.360. The van der Waals surface area contributed by atoms with E-state index in [1.807, 2.05) is 25.3 Å². The number of hydrogen-bond acceptors (Lipinski definition) is 5. The van der Waals surface area contributed by atoms with Gasteiger partial charge in [-0.1, -0.05) is 0 Å². The summed E-state index contributed by atoms with van der Waals surface area (Å²) in [6.45, 7) is 5.76. The van der Waals surface area contributed by atoms with E-state index >= 15 is 0 Å². The second-order valence-electron chi connectivity index (χ2n) is 7.93. The van der Waals surface area contributed by atoms with Crippen molar-refractivity contribution in [2.75, 3.05) is 38.1 Å². The second-order valence-corrected chi connectivity index (χ2v) is 7.93. The molecule has 1 aliphatic rings. The fourth-order valence-electron chi connectivity index (χ4n) is 4.05. The van der Waals surface area contributed by atoms with Gasteiger partial charge in [-0.15, -0.1) is 0 Å². The van der Waals surface area contributed by atoms with E-state index in [9.17, 15) is 9.18 Å². The quantitative estimate of drug-likeness (QED) is 0.512. The standard InChI is InChI=1S/C22H23FN6O/c1-15-12-28-13-16(10-18(23)22(28)24-15)19-11-21(30)29-14-17(4-5-20(29)25-19)27-7-3-6-26(2)8-9-27/h4-5,10-14H,3,6-9H2,1-2H3. The Kier molecular flexibility index (Phi) is 4.51. The fourth-order valence-corrected chi connectivity index (χ4v) is 4.05. The molecule has 7 nitrogen and oxygen atoms in total. The monoisotopic (exact) mass is 406 g/mol. The average Bonchev–Trinajstić information content (AvgIpc) is 2.97. The van der Waals surface area contributed by atoms with Gasteiger partial charge < -0.3 is 14.2 Å². The second kappa shape index (κ2) is 7.21. The maximum absolute atomic E-state index is 14.5. The molecule has 0 aliphatic carbocycles. The van der Waals surface area contributed by atoms with Gasteiger partial charge in [-0.25, -0.2) is 14.4 Å². The van der Waals surface area contributed by atoms with Gasteiger partial charge in [0.1, 0.15) is 5.65 Å². The molecule has 0 N–H and O–H groups in total. The third kappa shape index (κ3) is 3.33. The number of rotatable bonds is 2. The molecule has 0 spiro atoms. The zero-order chi connectivity index (χ0) is 20.8. The van der Waals surface area contributed by atoms with Crippen LogP contribution in [0.4, 0.5) is 10.1 Å². The number of aryl methyl sites for hydroxylation is 1. The van der Waals surface area contributed by atoms with Crippen LogP contribution in [-0.2, 0) is 0 Å². The highest BCUT2D eigenvalue weighted by molar-refractivity contribution is 5.64. The summed E-state index contributed by atoms with van der Waals surface area (Å²) >= 11 is 0. The molecule has 0 unspecified atom stereocenters. The van der Waals surface area contributed by atoms with Crippen LogP contribution in [0.1, 0.15) is 12.1 Å². The van der Waals surface area contributed by atoms with Crippen LogP contribution in [0.2, 0.25) is 0 Å². The largest absolute Gasteiger partial charge is 0.369 e. The molecule has 4 aromatic rings. The number of hydrogen-bond donors (Lipinski definition) is 0. The Balaban J connectivity index is 1.55. The van der Waals surface area contributed by atoms with Crippen LogP contribution in [0.25, 0.3) is 22.6 Å². The summed E-state index contributed by atoms with van der Waals surface area (Å²) in [7, 11) is 2.13. The molecule has 0 bridgehead atoms. The van der Waals surface area contributed by atoms with Gasteiger partial charge in [0.2, 0.25) is 0 Å². The zero-order valence-corrected chi connectivity index (χ0v) is 17.0. The van der Waals surface area contributed by atoms with E-state index in [-0.39, 0.29) is 11.2 Å². The molecule has 154 valence electrons. The Morgan fingerprint density at radius 1 is 1.00 bits per heavy atom. The SMILES string of the molecule is Cc1cn2cc(-c3cc(=O)n4cc(N5CCCN(C)CC5)ccc4n3)cc(F)c2n1. The molecule has 0 radical (unpaired) electrons. The fraction of sp³-hybridized carbons (Fsp3) is 0.318. The van der Waals surface area contributed by atoms with Gasteiger partial charge in [-0.2, -0.15) is 0 Å². The molecule has 0 amide bonds. The molecule has 4 aromatic heterocycles. The highest BCUT2D eigenvalue weighted by atomic mass is 19.1. The van der Waals surface area contributed by atoms with Crippen molar-refractivity contribution in [1.82, 2.24) is 23.7 Å². The van der Waals surface area contributed by atoms with Crippen molar-refractivity contribution in [1.29, 1.82) is 0 Å². The van der Waals surface area contributed by atoms with E-state index in [4.69, 9.17) is 0 Å². The first-order valence-corrected chi connectivity index (χ1v) is 10.1. The highest BCUT2D eigenvalue weighted by Gasteiger charge is 2.15. The molecule has 1 saturated heterocycles. The van der Waals surface area contributed by atoms with E-state index in [0.29, 0.717) is 16.9 Å². The summed E-state index contributed by atoms with van der Waals surface area (Å²) in [5.41, 5.74) is 3.33. The predicted molar refractivity (Wildman–Crippen MR) is 115 cm³/mol. The molecule has 0 aromatic carbocycles. The minimum atomic E-state index is -0.441. The number of pyridine rings is 2. The van der Waals surface area contributed by atoms with Gasteiger partial charge in [0.15, 0.2) is 11.5 Å². The topological polar surface area (TPSA) is 58.2 Å². The molecule has 5 rings (SSSR count). The van der Waals surface area contributed by atoms with Crippen LogP contribution < -0.4 is 10.5 Å². The van der Waals surface area contributed by atoms with Crippen LogP contribution in [0.15, 0.2) is 47.7 Å². The maximum Gasteiger partial charge on any atom is 0.258 e. The van der Waals surface area contributed by atoms with E-state index in [1.54, 1.807) is 21.2 Å². The highest BCUT2D eigenvalue weighted by Crippen LogP contribution is 2.22. The maximum atomic E-state index is 14.5. The van der Waals surface area contributed by atoms with Crippen molar-refractivity contribution in [3.05, 3.63) is 64.7 Å². The van der Waals surface area contributed by atoms with Gasteiger partial charge in [-0.05, 0) is 45.1 Å². The van der Waals surface area contributed by atoms with Crippen molar-refractivity contribution in [2.24, 2.45) is 0 Å². The lowest BCUT2D eigenvalue weighted by atomic mass is 10.2. The number of anilines is 1. The molecule has 1 aliphatic heterocycles. The Labute approximate surface area is 173 Å². The molecule has 1 fully saturated rings. The number of fused-ring (bicyclic) bond motifs is 2. The normalized spacial score (nSPS) is 15.8. The Morgan fingerprint density at radius 2 is 1.87 bits per heavy atom. The molecular formula is C22H23FN6O. The van der Waals surface area contributed by atoms with Crippen molar-refractivity contribution >= 4 is 17.0 Å². The third-order valence-electron chi connectivity index (χ3n) is 5.65. The summed E-state index contributed by atoms with van der Waals surface area (Å²) in [6, 6.07) is 6.69. The molecule has 30 heavy (non-hydrogen) atoms. The molecular weight excluding hydrogens is 383 g/mol. The number of likely N-dealkylation sites (N-methyl/N-ethyl adjacent to an activating group) is 1. The Morgan fingerprint density at radius 3 is 2.73 bits per heavy atom. The first kappa shape index (κ1) is 18.7. The summed E-state index contributed by atoms with van der Waals surface area (Å²) in [5.74, 6) is -0.441. The van der Waals surface area contributed by atoms with Crippen molar-refractivity contribution in [3.8, 4) is 11.3 Å². The molecule has 8 heteroatoms. The minimum absolute atomic E-state index is 0.189. The number of aromatic nitrogens is 4. The van der Waals surface area contributed by atoms with Crippen LogP contribution in [0, 0.1) is 12.7 Å². The van der Waals surface area contributed by atoms with Crippen LogP contribution in [-0.4, -0.2) is 56.9 Å². The van der Waals surface area contributed by atoms with Crippen molar-refractivity contribution in [2.45, 2.75) is 13.3 Å². The first-order chi connectivity index (χ1) is 14.5. The lowest BCUT2D eigenvalue weighted by Crippen LogP contribution is -2.29. The molecule has 5 heterocycles. The first-order valence-electron chi connectivity index (χ1n) is 10.1. The summed E-state index contributed by atoms with van der Waals surface area (Å²) < 4.78 is 17.7. The zero-order valence-electron chi connectivity index (χ0n) is 17.0. The third-order valence-corrected chi connectivity index (χ3v) is 5.65. The average molecular weight is 406 g/mol. The predicted octanol–water partition coefficient (Wildman–Crippen LogP) is 2.60. The van der Waals surface area contributed by atoms with Gasteiger partial charge in [0, 0.05) is 49.9 Å². The summed E-state index contributed by atoms with van der Waals surface area (Å²) in [5, 5.41) is 0. The van der Waals surface area contributed by atoms with Gasteiger partial charge in [0.25, 0.3) is 5.56 Å². The summed E-state index contributed by atoms with van der Waals surface area (Å²) in [6.07, 6.45) is 6.44. The van der Waals surface area contributed by atoms with E-state index in [0.717, 1.165) is 44.0 Å². The van der Waals surface area contributed by atoms with Crippen molar-refractivity contribution in [3.63, 3.8) is 0 Å². The number of nitrogens with zero attached hydrogens (tertiary/aromatic N) is 6. The van der Waals surface area contributed by atoms with Crippen LogP contribution in [0.3, 0.4) is 0 Å². The number of imidazole rings is 1. The minimum Gasteiger partial charge on any atom is -0.369 e. The van der Waals surface area contributed by atoms with Gasteiger partial charge in [-0.3, -0.25) is 9.20 Å². The Bertz CT molecular complexity index is 1310. The van der Waals surface area contributed by atoms with Crippen LogP contribution >= 0.6 is 0 Å². The summed E-state index contributed by atoms with van der Waals surface area (Å²) in [4.78, 5) is 26.3. The smallest absolute Gasteiger partial charge is 0.258 e. The number of halogens is 1. The van der Waals surface area contributed by atoms with E-state index in [1.165, 1.54) is 12.1 Å². The van der Waals surface area contributed by atoms with E-state index < -0.39 is 5.82 Å². The molecule has 0 saturated carbocycles. The van der Waals surface area contributed by atoms with Crippen molar-refractivity contribution < 1.29 is 4.39 Å². The van der Waals surface area contributed by atoms with E-state index in [2.05, 4.69) is 26.8 Å². The lowest BCUT2D eigenvalue weighted by Gasteiger charge is -2.23. The molecule has 0 atom stereocenters. The van der Waals surface area contributed by atoms with Gasteiger partial charge in [0.05, 0.1) is 17.1 Å².